The van der Waals surface area contributed by atoms with Gasteiger partial charge in [-0.15, -0.1) is 24.3 Å². The first-order chi connectivity index (χ1) is 7.95. The third-order valence-electron chi connectivity index (χ3n) is 2.60. The van der Waals surface area contributed by atoms with Crippen LogP contribution in [0.3, 0.4) is 0 Å². The van der Waals surface area contributed by atoms with Crippen molar-refractivity contribution in [3.63, 3.8) is 0 Å². The third-order valence-corrected chi connectivity index (χ3v) is 2.60. The molecule has 0 unspecified atom stereocenters. The Labute approximate surface area is 147 Å². The molecule has 0 atom stereocenters. The zero-order valence-corrected chi connectivity index (χ0v) is 15.2. The summed E-state index contributed by atoms with van der Waals surface area (Å²) in [6, 6.07) is 8.87. The van der Waals surface area contributed by atoms with Crippen LogP contribution in [0.5, 0.6) is 0 Å². The van der Waals surface area contributed by atoms with Gasteiger partial charge < -0.3 is 11.8 Å². The average molecular weight is 505 g/mol. The van der Waals surface area contributed by atoms with E-state index in [-0.39, 0.29) is 60.2 Å². The summed E-state index contributed by atoms with van der Waals surface area (Å²) >= 11 is 0. The smallest absolute Gasteiger partial charge is 0.242 e. The van der Waals surface area contributed by atoms with Crippen LogP contribution in [0.2, 0.25) is 0 Å². The monoisotopic (exact) mass is 506 g/mol. The second-order valence-corrected chi connectivity index (χ2v) is 3.44. The standard InChI is InChI=1S/C10H5N6.CH3.Ir.Y/c1-2-4-8-7(3-1)9-11-5-6-15(9)10-12-13-14-16(8)10;;;/h1-2,4-6H;1H3;;/q2*-1;;. The molecule has 8 heteroatoms. The van der Waals surface area contributed by atoms with Crippen LogP contribution in [0.4, 0.5) is 0 Å². The van der Waals surface area contributed by atoms with Crippen molar-refractivity contribution in [2.24, 2.45) is 0 Å². The molecule has 96 valence electrons. The molecule has 3 aromatic heterocycles. The number of fused-ring (bicyclic) bond motifs is 6. The fourth-order valence-electron chi connectivity index (χ4n) is 1.92. The zero-order valence-electron chi connectivity index (χ0n) is 9.98. The van der Waals surface area contributed by atoms with Gasteiger partial charge in [-0.05, 0) is 15.9 Å². The zero-order chi connectivity index (χ0) is 10.5. The second-order valence-electron chi connectivity index (χ2n) is 3.44. The van der Waals surface area contributed by atoms with E-state index in [4.69, 9.17) is 0 Å². The molecule has 0 N–H and O–H groups in total. The van der Waals surface area contributed by atoms with Gasteiger partial charge in [0.1, 0.15) is 0 Å². The van der Waals surface area contributed by atoms with Crippen LogP contribution in [-0.4, -0.2) is 29.4 Å². The molecule has 0 bridgehead atoms. The van der Waals surface area contributed by atoms with E-state index in [9.17, 15) is 0 Å². The van der Waals surface area contributed by atoms with E-state index in [0.29, 0.717) is 5.78 Å². The minimum Gasteiger partial charge on any atom is -0.358 e. The molecular formula is C11H8IrN6Y-2. The van der Waals surface area contributed by atoms with Crippen molar-refractivity contribution in [2.75, 3.05) is 0 Å². The van der Waals surface area contributed by atoms with Crippen LogP contribution in [-0.2, 0) is 52.8 Å². The van der Waals surface area contributed by atoms with Gasteiger partial charge in [0.15, 0.2) is 0 Å². The average Bonchev–Trinajstić information content (AvgIpc) is 2.98. The van der Waals surface area contributed by atoms with E-state index < -0.39 is 0 Å². The molecule has 6 nitrogen and oxygen atoms in total. The Morgan fingerprint density at radius 3 is 2.95 bits per heavy atom. The van der Waals surface area contributed by atoms with E-state index in [0.717, 1.165) is 16.6 Å². The summed E-state index contributed by atoms with van der Waals surface area (Å²) in [5.74, 6) is 0.652. The molecule has 0 saturated carbocycles. The summed E-state index contributed by atoms with van der Waals surface area (Å²) in [5, 5.41) is 12.5. The molecule has 2 radical (unpaired) electrons. The molecule has 1 aromatic carbocycles. The van der Waals surface area contributed by atoms with Gasteiger partial charge in [0.25, 0.3) is 0 Å². The molecule has 0 aliphatic rings. The number of hydrogen-bond acceptors (Lipinski definition) is 4. The molecule has 0 saturated heterocycles. The Morgan fingerprint density at radius 1 is 1.26 bits per heavy atom. The van der Waals surface area contributed by atoms with E-state index in [1.807, 2.05) is 28.8 Å². The molecule has 0 aliphatic carbocycles. The van der Waals surface area contributed by atoms with Gasteiger partial charge in [-0.3, -0.25) is 4.98 Å². The Balaban J connectivity index is 0.000000602. The molecule has 4 aromatic rings. The van der Waals surface area contributed by atoms with Crippen LogP contribution in [0.15, 0.2) is 30.6 Å². The van der Waals surface area contributed by atoms with Crippen LogP contribution < -0.4 is 0 Å². The summed E-state index contributed by atoms with van der Waals surface area (Å²) in [6.45, 7) is 0. The maximum absolute atomic E-state index is 4.30. The van der Waals surface area contributed by atoms with Crippen molar-refractivity contribution >= 4 is 22.3 Å². The molecule has 4 rings (SSSR count). The van der Waals surface area contributed by atoms with E-state index in [2.05, 4.69) is 26.6 Å². The molecule has 0 amide bonds. The fourth-order valence-corrected chi connectivity index (χ4v) is 1.92. The van der Waals surface area contributed by atoms with Gasteiger partial charge in [0.2, 0.25) is 5.78 Å². The molecule has 0 spiro atoms. The van der Waals surface area contributed by atoms with Gasteiger partial charge in [-0.25, -0.2) is 4.52 Å². The fraction of sp³-hybridized carbons (Fsp3) is 0. The quantitative estimate of drug-likeness (QED) is 0.337. The van der Waals surface area contributed by atoms with Gasteiger partial charge >= 0.3 is 0 Å². The second kappa shape index (κ2) is 6.14. The van der Waals surface area contributed by atoms with Crippen LogP contribution in [0.25, 0.3) is 22.3 Å². The van der Waals surface area contributed by atoms with Gasteiger partial charge in [-0.1, -0.05) is 10.5 Å². The van der Waals surface area contributed by atoms with E-state index >= 15 is 0 Å². The summed E-state index contributed by atoms with van der Waals surface area (Å²) in [4.78, 5) is 4.30. The first kappa shape index (κ1) is 16.3. The number of hydrogen-bond donors (Lipinski definition) is 0. The maximum atomic E-state index is 4.30. The Bertz CT molecular complexity index is 755. The summed E-state index contributed by atoms with van der Waals surface area (Å²) in [5.41, 5.74) is 1.72. The number of benzene rings is 1. The van der Waals surface area contributed by atoms with Crippen molar-refractivity contribution in [3.8, 4) is 0 Å². The number of imidazole rings is 1. The van der Waals surface area contributed by atoms with Crippen molar-refractivity contribution in [1.29, 1.82) is 0 Å². The molecular weight excluding hydrogens is 497 g/mol. The van der Waals surface area contributed by atoms with Crippen molar-refractivity contribution in [3.05, 3.63) is 44.1 Å². The number of rotatable bonds is 0. The first-order valence-electron chi connectivity index (χ1n) is 4.79. The van der Waals surface area contributed by atoms with Gasteiger partial charge in [-0.2, -0.15) is 0 Å². The van der Waals surface area contributed by atoms with Crippen LogP contribution in [0.1, 0.15) is 0 Å². The Morgan fingerprint density at radius 2 is 2.11 bits per heavy atom. The van der Waals surface area contributed by atoms with Crippen molar-refractivity contribution in [1.82, 2.24) is 29.4 Å². The largest absolute Gasteiger partial charge is 0.358 e. The van der Waals surface area contributed by atoms with Crippen LogP contribution in [0, 0.1) is 13.5 Å². The van der Waals surface area contributed by atoms with Gasteiger partial charge in [0, 0.05) is 65.2 Å². The predicted octanol–water partition coefficient (Wildman–Crippen LogP) is 1.17. The SMILES string of the molecule is [CH3-].[Ir].[Y].[c-]1cccc2c1c1nccn1c1nnnn21. The third kappa shape index (κ3) is 2.25. The number of tetrazole rings is 1. The summed E-state index contributed by atoms with van der Waals surface area (Å²) in [6.07, 6.45) is 3.56. The topological polar surface area (TPSA) is 60.4 Å². The Hall–Kier alpha value is -0.747. The number of nitrogens with zero attached hydrogens (tertiary/aromatic N) is 6. The maximum Gasteiger partial charge on any atom is 0.242 e. The molecule has 0 fully saturated rings. The number of aromatic nitrogens is 6. The summed E-state index contributed by atoms with van der Waals surface area (Å²) in [7, 11) is 0. The minimum absolute atomic E-state index is 0. The normalized spacial score (nSPS) is 9.89. The minimum atomic E-state index is 0. The molecule has 3 heterocycles. The van der Waals surface area contributed by atoms with Crippen molar-refractivity contribution in [2.45, 2.75) is 0 Å². The van der Waals surface area contributed by atoms with E-state index in [1.165, 1.54) is 0 Å². The predicted molar refractivity (Wildman–Crippen MR) is 62.3 cm³/mol. The molecule has 0 aliphatic heterocycles. The first-order valence-corrected chi connectivity index (χ1v) is 4.79. The van der Waals surface area contributed by atoms with E-state index in [1.54, 1.807) is 10.7 Å². The summed E-state index contributed by atoms with van der Waals surface area (Å²) < 4.78 is 3.53. The van der Waals surface area contributed by atoms with Crippen molar-refractivity contribution < 1.29 is 52.8 Å². The van der Waals surface area contributed by atoms with Crippen LogP contribution >= 0.6 is 0 Å². The van der Waals surface area contributed by atoms with Gasteiger partial charge in [0.05, 0.1) is 5.65 Å². The Kier molecular flexibility index (Phi) is 5.27. The molecule has 19 heavy (non-hydrogen) atoms.